The zero-order valence-corrected chi connectivity index (χ0v) is 20.7. The van der Waals surface area contributed by atoms with Gasteiger partial charge in [-0.25, -0.2) is 4.39 Å². The Bertz CT molecular complexity index is 1150. The summed E-state index contributed by atoms with van der Waals surface area (Å²) in [5, 5.41) is 8.50. The number of hydrogen-bond acceptors (Lipinski definition) is 7. The zero-order valence-electron chi connectivity index (χ0n) is 20.7. The third-order valence-corrected chi connectivity index (χ3v) is 6.81. The van der Waals surface area contributed by atoms with Crippen LogP contribution in [0.1, 0.15) is 22.3 Å². The van der Waals surface area contributed by atoms with Crippen LogP contribution in [0, 0.1) is 5.82 Å². The van der Waals surface area contributed by atoms with E-state index in [9.17, 15) is 18.8 Å². The monoisotopic (exact) mass is 509 g/mol. The fourth-order valence-electron chi connectivity index (χ4n) is 4.56. The number of rotatable bonds is 9. The molecule has 37 heavy (non-hydrogen) atoms. The Morgan fingerprint density at radius 3 is 2.41 bits per heavy atom. The molecule has 0 aromatic heterocycles. The quantitative estimate of drug-likeness (QED) is 0.364. The van der Waals surface area contributed by atoms with E-state index in [1.807, 2.05) is 0 Å². The molecule has 4 rings (SSSR count). The molecule has 1 fully saturated rings. The molecule has 1 saturated heterocycles. The van der Waals surface area contributed by atoms with E-state index in [4.69, 9.17) is 5.73 Å². The standard InChI is InChI=1S/C26H32FN7O3/c1-33-13-15-34(16-14-33)12-2-11-29-24(36)22-26(25(28)37,31-17-30-22)19-5-9-21(10-6-19)32-23(35)18-3-7-20(27)8-4-18/h3-10,17,22H,2,11-16H2,1H3,(H2,28,37)(H,29,36)(H,30,31)(H,32,35). The molecule has 0 radical (unpaired) electrons. The van der Waals surface area contributed by atoms with Crippen LogP contribution in [-0.4, -0.2) is 86.2 Å². The first-order valence-electron chi connectivity index (χ1n) is 12.2. The molecule has 2 heterocycles. The number of primary amides is 1. The number of aliphatic imine (C=N–C) groups is 1. The molecule has 11 heteroatoms. The number of nitrogens with one attached hydrogen (secondary N) is 3. The number of benzene rings is 2. The van der Waals surface area contributed by atoms with Crippen molar-refractivity contribution < 1.29 is 18.8 Å². The third-order valence-electron chi connectivity index (χ3n) is 6.81. The normalized spacial score (nSPS) is 21.8. The van der Waals surface area contributed by atoms with Crippen molar-refractivity contribution in [3.8, 4) is 0 Å². The van der Waals surface area contributed by atoms with Crippen LogP contribution in [-0.2, 0) is 15.1 Å². The molecule has 2 aliphatic rings. The fraction of sp³-hybridized carbons (Fsp3) is 0.385. The van der Waals surface area contributed by atoms with Gasteiger partial charge in [0.1, 0.15) is 5.82 Å². The maximum Gasteiger partial charge on any atom is 0.255 e. The van der Waals surface area contributed by atoms with Crippen molar-refractivity contribution in [3.63, 3.8) is 0 Å². The van der Waals surface area contributed by atoms with Crippen molar-refractivity contribution in [2.24, 2.45) is 10.7 Å². The summed E-state index contributed by atoms with van der Waals surface area (Å²) in [4.78, 5) is 47.0. The Balaban J connectivity index is 1.38. The Labute approximate surface area is 215 Å². The molecular weight excluding hydrogens is 477 g/mol. The predicted octanol–water partition coefficient (Wildman–Crippen LogP) is 0.512. The molecular formula is C26H32FN7O3. The van der Waals surface area contributed by atoms with E-state index in [2.05, 4.69) is 37.8 Å². The molecule has 3 amide bonds. The van der Waals surface area contributed by atoms with Crippen LogP contribution in [0.3, 0.4) is 0 Å². The minimum atomic E-state index is -1.55. The van der Waals surface area contributed by atoms with Gasteiger partial charge >= 0.3 is 0 Å². The van der Waals surface area contributed by atoms with E-state index in [-0.39, 0.29) is 0 Å². The lowest BCUT2D eigenvalue weighted by Crippen LogP contribution is -2.60. The van der Waals surface area contributed by atoms with E-state index in [0.717, 1.165) is 39.1 Å². The van der Waals surface area contributed by atoms with E-state index in [0.29, 0.717) is 23.4 Å². The minimum Gasteiger partial charge on any atom is -0.367 e. The van der Waals surface area contributed by atoms with Gasteiger partial charge in [-0.3, -0.25) is 19.4 Å². The van der Waals surface area contributed by atoms with Crippen molar-refractivity contribution >= 4 is 29.7 Å². The van der Waals surface area contributed by atoms with E-state index in [1.165, 1.54) is 30.6 Å². The number of carbonyl (C=O) groups excluding carboxylic acids is 3. The first-order valence-corrected chi connectivity index (χ1v) is 12.2. The summed E-state index contributed by atoms with van der Waals surface area (Å²) in [5.41, 5.74) is 5.44. The maximum atomic E-state index is 13.1. The molecule has 2 aromatic carbocycles. The highest BCUT2D eigenvalue weighted by atomic mass is 19.1. The average Bonchev–Trinajstić information content (AvgIpc) is 3.35. The van der Waals surface area contributed by atoms with Crippen LogP contribution in [0.15, 0.2) is 53.5 Å². The molecule has 2 aliphatic heterocycles. The Morgan fingerprint density at radius 2 is 1.76 bits per heavy atom. The molecule has 0 bridgehead atoms. The van der Waals surface area contributed by atoms with Crippen LogP contribution >= 0.6 is 0 Å². The predicted molar refractivity (Wildman–Crippen MR) is 139 cm³/mol. The number of nitrogens with zero attached hydrogens (tertiary/aromatic N) is 3. The summed E-state index contributed by atoms with van der Waals surface area (Å²) in [6, 6.07) is 10.5. The molecule has 0 saturated carbocycles. The highest BCUT2D eigenvalue weighted by molar-refractivity contribution is 6.04. The van der Waals surface area contributed by atoms with Gasteiger partial charge < -0.3 is 31.5 Å². The largest absolute Gasteiger partial charge is 0.367 e. The molecule has 10 nitrogen and oxygen atoms in total. The van der Waals surface area contributed by atoms with Gasteiger partial charge in [-0.15, -0.1) is 0 Å². The number of hydrogen-bond donors (Lipinski definition) is 4. The molecule has 0 aliphatic carbocycles. The van der Waals surface area contributed by atoms with Crippen LogP contribution in [0.5, 0.6) is 0 Å². The first kappa shape index (κ1) is 26.2. The number of anilines is 1. The SMILES string of the molecule is CN1CCN(CCCNC(=O)C2N=CNC2(C(N)=O)c2ccc(NC(=O)c3ccc(F)cc3)cc2)CC1. The van der Waals surface area contributed by atoms with Crippen LogP contribution < -0.4 is 21.7 Å². The second kappa shape index (κ2) is 11.5. The smallest absolute Gasteiger partial charge is 0.255 e. The summed E-state index contributed by atoms with van der Waals surface area (Å²) < 4.78 is 13.1. The van der Waals surface area contributed by atoms with Crippen molar-refractivity contribution in [1.82, 2.24) is 20.4 Å². The maximum absolute atomic E-state index is 13.1. The summed E-state index contributed by atoms with van der Waals surface area (Å²) in [5.74, 6) is -1.98. The van der Waals surface area contributed by atoms with E-state index < -0.39 is 35.1 Å². The number of likely N-dealkylation sites (N-methyl/N-ethyl adjacent to an activating group) is 1. The third kappa shape index (κ3) is 5.95. The molecule has 2 aromatic rings. The number of amides is 3. The minimum absolute atomic E-state index is 0.300. The van der Waals surface area contributed by atoms with Gasteiger partial charge in [0.2, 0.25) is 5.91 Å². The summed E-state index contributed by atoms with van der Waals surface area (Å²) in [6.07, 6.45) is 2.11. The first-order chi connectivity index (χ1) is 17.8. The van der Waals surface area contributed by atoms with Gasteiger partial charge in [0.05, 0.1) is 6.34 Å². The van der Waals surface area contributed by atoms with Crippen LogP contribution in [0.4, 0.5) is 10.1 Å². The van der Waals surface area contributed by atoms with Crippen molar-refractivity contribution in [1.29, 1.82) is 0 Å². The second-order valence-corrected chi connectivity index (χ2v) is 9.33. The Kier molecular flexibility index (Phi) is 8.14. The Morgan fingerprint density at radius 1 is 1.08 bits per heavy atom. The summed E-state index contributed by atoms with van der Waals surface area (Å²) in [6.45, 7) is 5.42. The number of halogens is 1. The number of nitrogens with two attached hydrogens (primary N) is 1. The Hall–Kier alpha value is -3.83. The van der Waals surface area contributed by atoms with Gasteiger partial charge in [-0.2, -0.15) is 0 Å². The van der Waals surface area contributed by atoms with Crippen molar-refractivity contribution in [2.45, 2.75) is 18.0 Å². The fourth-order valence-corrected chi connectivity index (χ4v) is 4.56. The van der Waals surface area contributed by atoms with Gasteiger partial charge in [-0.1, -0.05) is 12.1 Å². The van der Waals surface area contributed by atoms with Gasteiger partial charge in [0.15, 0.2) is 11.6 Å². The lowest BCUT2D eigenvalue weighted by Gasteiger charge is -2.32. The molecule has 0 spiro atoms. The average molecular weight is 510 g/mol. The summed E-state index contributed by atoms with van der Waals surface area (Å²) in [7, 11) is 2.11. The highest BCUT2D eigenvalue weighted by Gasteiger charge is 2.52. The molecule has 196 valence electrons. The topological polar surface area (TPSA) is 132 Å². The molecule has 2 atom stereocenters. The van der Waals surface area contributed by atoms with Crippen molar-refractivity contribution in [3.05, 3.63) is 65.5 Å². The molecule has 5 N–H and O–H groups in total. The number of carbonyl (C=O) groups is 3. The van der Waals surface area contributed by atoms with Crippen LogP contribution in [0.2, 0.25) is 0 Å². The lowest BCUT2D eigenvalue weighted by atomic mass is 9.82. The van der Waals surface area contributed by atoms with Gasteiger partial charge in [0.25, 0.3) is 11.8 Å². The second-order valence-electron chi connectivity index (χ2n) is 9.33. The van der Waals surface area contributed by atoms with E-state index in [1.54, 1.807) is 24.3 Å². The van der Waals surface area contributed by atoms with Crippen LogP contribution in [0.25, 0.3) is 0 Å². The molecule has 2 unspecified atom stereocenters. The van der Waals surface area contributed by atoms with Crippen molar-refractivity contribution in [2.75, 3.05) is 51.6 Å². The highest BCUT2D eigenvalue weighted by Crippen LogP contribution is 2.31. The van der Waals surface area contributed by atoms with E-state index >= 15 is 0 Å². The lowest BCUT2D eigenvalue weighted by molar-refractivity contribution is -0.131. The van der Waals surface area contributed by atoms with Gasteiger partial charge in [0, 0.05) is 44.0 Å². The summed E-state index contributed by atoms with van der Waals surface area (Å²) >= 11 is 0. The van der Waals surface area contributed by atoms with Gasteiger partial charge in [-0.05, 0) is 62.0 Å². The zero-order chi connectivity index (χ0) is 26.4. The number of piperazine rings is 1.